The number of piperidine rings is 1. The SMILES string of the molecule is COc1ccc2c3c1O[C@H]1C(OC(=O)[C@@H](C)OC(=O)CCNC(=O)C[C@@H]4OC(C)(C)OC4=O)=CC[C@@]4(O)[C@@H](C2)N(C)CC[C@]314. The molecule has 1 aromatic rings. The Morgan fingerprint density at radius 1 is 1.25 bits per heavy atom. The van der Waals surface area contributed by atoms with Crippen molar-refractivity contribution in [3.05, 3.63) is 35.1 Å². The molecule has 1 aromatic carbocycles. The van der Waals surface area contributed by atoms with Crippen LogP contribution in [0.2, 0.25) is 0 Å². The third-order valence-electron chi connectivity index (χ3n) is 9.47. The highest BCUT2D eigenvalue weighted by Crippen LogP contribution is 2.65. The number of ether oxygens (including phenoxy) is 6. The Balaban J connectivity index is 1.08. The zero-order chi connectivity index (χ0) is 31.6. The number of methoxy groups -OCH3 is 1. The molecule has 238 valence electrons. The molecule has 3 aliphatic heterocycles. The number of likely N-dealkylation sites (N-methyl/N-ethyl adjacent to an activating group) is 1. The second-order valence-electron chi connectivity index (χ2n) is 12.6. The van der Waals surface area contributed by atoms with E-state index in [4.69, 9.17) is 28.4 Å². The van der Waals surface area contributed by atoms with Crippen LogP contribution in [0.15, 0.2) is 24.0 Å². The summed E-state index contributed by atoms with van der Waals surface area (Å²) < 4.78 is 33.6. The van der Waals surface area contributed by atoms with E-state index in [-0.39, 0.29) is 37.6 Å². The fourth-order valence-electron chi connectivity index (χ4n) is 7.48. The standard InChI is InChI=1S/C31H38N2O11/c1-16(40-23(35)9-12-32-22(34)15-20-28(37)44-29(2,3)43-20)27(36)41-19-8-10-31(38)21-14-17-6-7-18(39-5)25-24(17)30(31,26(19)42-25)11-13-33(21)4/h6-8,16,20-21,26,38H,9-15H2,1-5H3,(H,32,34)/t16-,20+,21-,26+,30+,31-/m1/s1. The lowest BCUT2D eigenvalue weighted by Gasteiger charge is -2.61. The molecule has 2 N–H and O–H groups in total. The lowest BCUT2D eigenvalue weighted by atomic mass is 9.50. The van der Waals surface area contributed by atoms with E-state index in [0.717, 1.165) is 17.7 Å². The van der Waals surface area contributed by atoms with Gasteiger partial charge in [0, 0.05) is 38.4 Å². The summed E-state index contributed by atoms with van der Waals surface area (Å²) in [6.07, 6.45) is -0.275. The first-order valence-corrected chi connectivity index (χ1v) is 14.9. The van der Waals surface area contributed by atoms with Gasteiger partial charge >= 0.3 is 17.9 Å². The first-order chi connectivity index (χ1) is 20.8. The molecular weight excluding hydrogens is 576 g/mol. The van der Waals surface area contributed by atoms with Crippen LogP contribution in [0.4, 0.5) is 0 Å². The van der Waals surface area contributed by atoms with Gasteiger partial charge in [0.25, 0.3) is 0 Å². The van der Waals surface area contributed by atoms with Crippen LogP contribution in [-0.2, 0) is 50.0 Å². The van der Waals surface area contributed by atoms with Crippen molar-refractivity contribution in [1.29, 1.82) is 0 Å². The first-order valence-electron chi connectivity index (χ1n) is 14.9. The number of hydrogen-bond donors (Lipinski definition) is 2. The Morgan fingerprint density at radius 2 is 2.02 bits per heavy atom. The van der Waals surface area contributed by atoms with Crippen molar-refractivity contribution in [2.24, 2.45) is 0 Å². The van der Waals surface area contributed by atoms with Crippen molar-refractivity contribution in [2.45, 2.75) is 94.0 Å². The number of benzene rings is 1. The monoisotopic (exact) mass is 614 g/mol. The molecule has 13 heteroatoms. The highest BCUT2D eigenvalue weighted by atomic mass is 16.8. The molecule has 6 atom stereocenters. The van der Waals surface area contributed by atoms with E-state index in [1.807, 2.05) is 19.2 Å². The predicted octanol–water partition coefficient (Wildman–Crippen LogP) is 1.02. The molecule has 2 fully saturated rings. The average Bonchev–Trinajstić information content (AvgIpc) is 3.44. The number of aliphatic hydroxyl groups is 1. The molecule has 2 aliphatic carbocycles. The van der Waals surface area contributed by atoms with Gasteiger partial charge < -0.3 is 43.7 Å². The minimum Gasteiger partial charge on any atom is -0.493 e. The number of rotatable bonds is 9. The van der Waals surface area contributed by atoms with Gasteiger partial charge in [-0.15, -0.1) is 0 Å². The van der Waals surface area contributed by atoms with Gasteiger partial charge in [0.1, 0.15) is 5.76 Å². The molecule has 2 bridgehead atoms. The number of esters is 3. The van der Waals surface area contributed by atoms with Crippen molar-refractivity contribution < 1.29 is 52.7 Å². The molecule has 13 nitrogen and oxygen atoms in total. The minimum atomic E-state index is -1.24. The van der Waals surface area contributed by atoms with Crippen molar-refractivity contribution >= 4 is 23.8 Å². The molecule has 5 aliphatic rings. The third-order valence-corrected chi connectivity index (χ3v) is 9.47. The normalized spacial score (nSPS) is 31.5. The van der Waals surface area contributed by atoms with E-state index < -0.39 is 58.9 Å². The fourth-order valence-corrected chi connectivity index (χ4v) is 7.48. The van der Waals surface area contributed by atoms with Crippen LogP contribution in [0.1, 0.15) is 57.6 Å². The summed E-state index contributed by atoms with van der Waals surface area (Å²) in [6, 6.07) is 3.73. The Labute approximate surface area is 254 Å². The maximum Gasteiger partial charge on any atom is 0.352 e. The summed E-state index contributed by atoms with van der Waals surface area (Å²) in [4.78, 5) is 51.8. The van der Waals surface area contributed by atoms with Crippen LogP contribution in [0.25, 0.3) is 0 Å². The van der Waals surface area contributed by atoms with Gasteiger partial charge in [-0.05, 0) is 51.1 Å². The van der Waals surface area contributed by atoms with Gasteiger partial charge in [0.15, 0.2) is 29.8 Å². The van der Waals surface area contributed by atoms with Crippen LogP contribution in [0.5, 0.6) is 11.5 Å². The van der Waals surface area contributed by atoms with Gasteiger partial charge in [-0.3, -0.25) is 9.59 Å². The van der Waals surface area contributed by atoms with E-state index in [1.165, 1.54) is 6.92 Å². The molecule has 0 radical (unpaired) electrons. The number of nitrogens with zero attached hydrogens (tertiary/aromatic N) is 1. The van der Waals surface area contributed by atoms with Crippen LogP contribution >= 0.6 is 0 Å². The van der Waals surface area contributed by atoms with E-state index in [9.17, 15) is 24.3 Å². The number of likely N-dealkylation sites (tertiary alicyclic amines) is 1. The van der Waals surface area contributed by atoms with Gasteiger partial charge in [-0.1, -0.05) is 6.07 Å². The third kappa shape index (κ3) is 4.72. The smallest absolute Gasteiger partial charge is 0.352 e. The second-order valence-corrected chi connectivity index (χ2v) is 12.6. The van der Waals surface area contributed by atoms with Gasteiger partial charge in [0.2, 0.25) is 11.7 Å². The Bertz CT molecular complexity index is 1440. The molecule has 1 spiro atoms. The highest BCUT2D eigenvalue weighted by molar-refractivity contribution is 5.86. The van der Waals surface area contributed by atoms with Crippen LogP contribution in [0.3, 0.4) is 0 Å². The lowest BCUT2D eigenvalue weighted by Crippen LogP contribution is -2.74. The van der Waals surface area contributed by atoms with Crippen molar-refractivity contribution in [3.63, 3.8) is 0 Å². The molecular formula is C31H38N2O11. The summed E-state index contributed by atoms with van der Waals surface area (Å²) in [5.74, 6) is -2.36. The number of hydrogen-bond acceptors (Lipinski definition) is 12. The number of nitrogens with one attached hydrogen (secondary N) is 1. The van der Waals surface area contributed by atoms with Crippen LogP contribution < -0.4 is 14.8 Å². The molecule has 3 heterocycles. The topological polar surface area (TPSA) is 159 Å². The quantitative estimate of drug-likeness (QED) is 0.301. The fraction of sp³-hybridized carbons (Fsp3) is 0.613. The Hall–Kier alpha value is -3.68. The second kappa shape index (κ2) is 10.7. The van der Waals surface area contributed by atoms with Crippen LogP contribution in [-0.4, -0.2) is 96.8 Å². The van der Waals surface area contributed by atoms with E-state index in [1.54, 1.807) is 27.0 Å². The molecule has 0 unspecified atom stereocenters. The van der Waals surface area contributed by atoms with E-state index >= 15 is 0 Å². The molecule has 2 saturated heterocycles. The van der Waals surface area contributed by atoms with Gasteiger partial charge in [-0.2, -0.15) is 0 Å². The maximum absolute atomic E-state index is 13.1. The minimum absolute atomic E-state index is 0.0647. The zero-order valence-electron chi connectivity index (χ0n) is 25.5. The van der Waals surface area contributed by atoms with Crippen LogP contribution in [0, 0.1) is 0 Å². The Morgan fingerprint density at radius 3 is 2.73 bits per heavy atom. The van der Waals surface area contributed by atoms with E-state index in [0.29, 0.717) is 24.3 Å². The molecule has 44 heavy (non-hydrogen) atoms. The lowest BCUT2D eigenvalue weighted by molar-refractivity contribution is -0.175. The van der Waals surface area contributed by atoms with Crippen molar-refractivity contribution in [2.75, 3.05) is 27.2 Å². The number of carbonyl (C=O) groups is 4. The first kappa shape index (κ1) is 30.4. The van der Waals surface area contributed by atoms with E-state index in [2.05, 4.69) is 10.2 Å². The molecule has 0 saturated carbocycles. The molecule has 1 amide bonds. The zero-order valence-corrected chi connectivity index (χ0v) is 25.5. The van der Waals surface area contributed by atoms with Gasteiger partial charge in [0.05, 0.1) is 31.0 Å². The summed E-state index contributed by atoms with van der Waals surface area (Å²) >= 11 is 0. The maximum atomic E-state index is 13.1. The summed E-state index contributed by atoms with van der Waals surface area (Å²) in [5, 5.41) is 14.8. The average molecular weight is 615 g/mol. The van der Waals surface area contributed by atoms with Crippen molar-refractivity contribution in [3.8, 4) is 11.5 Å². The largest absolute Gasteiger partial charge is 0.493 e. The van der Waals surface area contributed by atoms with Crippen molar-refractivity contribution in [1.82, 2.24) is 10.2 Å². The highest BCUT2D eigenvalue weighted by Gasteiger charge is 2.72. The summed E-state index contributed by atoms with van der Waals surface area (Å²) in [5.41, 5.74) is 0.0110. The molecule has 6 rings (SSSR count). The number of carbonyl (C=O) groups excluding carboxylic acids is 4. The number of amides is 1. The summed E-state index contributed by atoms with van der Waals surface area (Å²) in [7, 11) is 3.57. The predicted molar refractivity (Wildman–Crippen MR) is 150 cm³/mol. The number of cyclic esters (lactones) is 1. The summed E-state index contributed by atoms with van der Waals surface area (Å²) in [6.45, 7) is 5.21. The van der Waals surface area contributed by atoms with Gasteiger partial charge in [-0.25, -0.2) is 9.59 Å². The Kier molecular flexibility index (Phi) is 7.41. The molecule has 0 aromatic heterocycles.